The maximum Gasteiger partial charge on any atom is 0.260 e. The number of rotatable bonds is 7. The average molecular weight is 292 g/mol. The lowest BCUT2D eigenvalue weighted by atomic mass is 10.4. The second-order valence-electron chi connectivity index (χ2n) is 3.53. The van der Waals surface area contributed by atoms with Crippen LogP contribution in [0.4, 0.5) is 5.69 Å². The molecule has 0 saturated carbocycles. The summed E-state index contributed by atoms with van der Waals surface area (Å²) in [6, 6.07) is 3.09. The number of nitrogens with two attached hydrogens (primary N) is 1. The van der Waals surface area contributed by atoms with Crippen molar-refractivity contribution in [2.24, 2.45) is 5.84 Å². The summed E-state index contributed by atoms with van der Waals surface area (Å²) in [4.78, 5) is 3.78. The zero-order valence-corrected chi connectivity index (χ0v) is 11.6. The summed E-state index contributed by atoms with van der Waals surface area (Å²) in [6.07, 6.45) is 3.45. The van der Waals surface area contributed by atoms with E-state index in [1.165, 1.54) is 12.3 Å². The van der Waals surface area contributed by atoms with Crippen LogP contribution in [-0.2, 0) is 20.8 Å². The molecule has 0 aliphatic rings. The monoisotopic (exact) mass is 292 g/mol. The molecule has 1 heterocycles. The number of hydrogen-bond acceptors (Lipinski definition) is 6. The van der Waals surface area contributed by atoms with Crippen LogP contribution in [0.1, 0.15) is 6.42 Å². The van der Waals surface area contributed by atoms with Gasteiger partial charge in [0, 0.05) is 35.5 Å². The maximum absolute atomic E-state index is 11.9. The Hall–Kier alpha value is -1.03. The van der Waals surface area contributed by atoms with E-state index in [0.717, 1.165) is 0 Å². The van der Waals surface area contributed by atoms with Crippen molar-refractivity contribution in [2.75, 3.05) is 24.0 Å². The molecule has 1 atom stereocenters. The molecular formula is C9H16N4O3S2. The molecule has 0 spiro atoms. The predicted octanol–water partition coefficient (Wildman–Crippen LogP) is -0.586. The molecule has 0 aliphatic heterocycles. The first kappa shape index (κ1) is 15.0. The molecule has 0 amide bonds. The Labute approximate surface area is 109 Å². The predicted molar refractivity (Wildman–Crippen MR) is 70.8 cm³/mol. The second kappa shape index (κ2) is 6.78. The summed E-state index contributed by atoms with van der Waals surface area (Å²) < 4.78 is 37.0. The van der Waals surface area contributed by atoms with E-state index in [1.807, 2.05) is 0 Å². The van der Waals surface area contributed by atoms with Gasteiger partial charge in [0.1, 0.15) is 0 Å². The van der Waals surface area contributed by atoms with Crippen LogP contribution in [0.3, 0.4) is 0 Å². The van der Waals surface area contributed by atoms with Gasteiger partial charge < -0.3 is 5.43 Å². The van der Waals surface area contributed by atoms with Crippen LogP contribution in [0.15, 0.2) is 23.4 Å². The number of nitrogens with zero attached hydrogens (tertiary/aromatic N) is 1. The van der Waals surface area contributed by atoms with Gasteiger partial charge in [-0.3, -0.25) is 10.1 Å². The van der Waals surface area contributed by atoms with Crippen molar-refractivity contribution in [3.63, 3.8) is 0 Å². The Morgan fingerprint density at radius 3 is 2.83 bits per heavy atom. The zero-order valence-electron chi connectivity index (χ0n) is 9.92. The molecule has 4 N–H and O–H groups in total. The highest BCUT2D eigenvalue weighted by atomic mass is 32.2. The molecule has 1 rings (SSSR count). The van der Waals surface area contributed by atoms with Crippen molar-refractivity contribution in [1.82, 2.24) is 9.71 Å². The van der Waals surface area contributed by atoms with Crippen LogP contribution in [-0.4, -0.2) is 36.2 Å². The van der Waals surface area contributed by atoms with E-state index in [0.29, 0.717) is 12.2 Å². The zero-order chi connectivity index (χ0) is 13.6. The SMILES string of the molecule is CS(=O)CCCNS(=O)(=O)c1ncccc1NN. The lowest BCUT2D eigenvalue weighted by Crippen LogP contribution is -2.28. The van der Waals surface area contributed by atoms with Gasteiger partial charge in [0.2, 0.25) is 0 Å². The highest BCUT2D eigenvalue weighted by Gasteiger charge is 2.18. The van der Waals surface area contributed by atoms with Crippen molar-refractivity contribution in [2.45, 2.75) is 11.4 Å². The molecule has 1 unspecified atom stereocenters. The van der Waals surface area contributed by atoms with Crippen LogP contribution >= 0.6 is 0 Å². The highest BCUT2D eigenvalue weighted by Crippen LogP contribution is 2.15. The summed E-state index contributed by atoms with van der Waals surface area (Å²) in [7, 11) is -4.63. The van der Waals surface area contributed by atoms with Gasteiger partial charge in [0.05, 0.1) is 5.69 Å². The largest absolute Gasteiger partial charge is 0.321 e. The molecule has 102 valence electrons. The number of aromatic nitrogens is 1. The molecule has 0 fully saturated rings. The molecular weight excluding hydrogens is 276 g/mol. The lowest BCUT2D eigenvalue weighted by Gasteiger charge is -2.09. The van der Waals surface area contributed by atoms with Gasteiger partial charge in [-0.05, 0) is 18.6 Å². The fraction of sp³-hybridized carbons (Fsp3) is 0.444. The first-order valence-electron chi connectivity index (χ1n) is 5.18. The summed E-state index contributed by atoms with van der Waals surface area (Å²) in [5, 5.41) is -0.148. The van der Waals surface area contributed by atoms with Crippen LogP contribution in [0.2, 0.25) is 0 Å². The molecule has 0 saturated heterocycles. The number of pyridine rings is 1. The van der Waals surface area contributed by atoms with Gasteiger partial charge >= 0.3 is 0 Å². The summed E-state index contributed by atoms with van der Waals surface area (Å²) >= 11 is 0. The third kappa shape index (κ3) is 4.33. The third-order valence-corrected chi connectivity index (χ3v) is 4.36. The lowest BCUT2D eigenvalue weighted by molar-refractivity contribution is 0.577. The average Bonchev–Trinajstić information content (AvgIpc) is 2.34. The topological polar surface area (TPSA) is 114 Å². The Kier molecular flexibility index (Phi) is 5.66. The molecule has 1 aromatic rings. The molecule has 9 heteroatoms. The van der Waals surface area contributed by atoms with Gasteiger partial charge in [0.15, 0.2) is 5.03 Å². The second-order valence-corrected chi connectivity index (χ2v) is 6.77. The van der Waals surface area contributed by atoms with Crippen molar-refractivity contribution >= 4 is 26.5 Å². The van der Waals surface area contributed by atoms with E-state index in [1.54, 1.807) is 12.3 Å². The van der Waals surface area contributed by atoms with Gasteiger partial charge in [-0.1, -0.05) is 0 Å². The number of nitrogens with one attached hydrogen (secondary N) is 2. The van der Waals surface area contributed by atoms with E-state index >= 15 is 0 Å². The van der Waals surface area contributed by atoms with E-state index in [-0.39, 0.29) is 17.3 Å². The van der Waals surface area contributed by atoms with E-state index in [2.05, 4.69) is 15.1 Å². The van der Waals surface area contributed by atoms with Crippen LogP contribution in [0, 0.1) is 0 Å². The van der Waals surface area contributed by atoms with E-state index in [4.69, 9.17) is 5.84 Å². The van der Waals surface area contributed by atoms with Gasteiger partial charge in [-0.2, -0.15) is 0 Å². The molecule has 18 heavy (non-hydrogen) atoms. The van der Waals surface area contributed by atoms with Crippen LogP contribution < -0.4 is 16.0 Å². The fourth-order valence-electron chi connectivity index (χ4n) is 1.27. The van der Waals surface area contributed by atoms with E-state index in [9.17, 15) is 12.6 Å². The molecule has 7 nitrogen and oxygen atoms in total. The van der Waals surface area contributed by atoms with Crippen molar-refractivity contribution in [3.05, 3.63) is 18.3 Å². The van der Waals surface area contributed by atoms with Crippen molar-refractivity contribution in [3.8, 4) is 0 Å². The summed E-state index contributed by atoms with van der Waals surface area (Å²) in [6.45, 7) is 0.211. The third-order valence-electron chi connectivity index (χ3n) is 2.08. The Balaban J connectivity index is 2.71. The van der Waals surface area contributed by atoms with Crippen molar-refractivity contribution < 1.29 is 12.6 Å². The van der Waals surface area contributed by atoms with Gasteiger partial charge in [-0.15, -0.1) is 0 Å². The number of hydrogen-bond donors (Lipinski definition) is 3. The minimum atomic E-state index is -3.70. The minimum absolute atomic E-state index is 0.148. The standard InChI is InChI=1S/C9H16N4O3S2/c1-17(14)7-3-6-12-18(15,16)9-8(13-10)4-2-5-11-9/h2,4-5,12-13H,3,6-7,10H2,1H3. The normalized spacial score (nSPS) is 13.2. The Morgan fingerprint density at radius 2 is 2.22 bits per heavy atom. The smallest absolute Gasteiger partial charge is 0.260 e. The molecule has 1 aromatic heterocycles. The number of sulfonamides is 1. The minimum Gasteiger partial charge on any atom is -0.321 e. The molecule has 0 radical (unpaired) electrons. The Bertz CT molecular complexity index is 518. The fourth-order valence-corrected chi connectivity index (χ4v) is 2.98. The molecule has 0 aliphatic carbocycles. The summed E-state index contributed by atoms with van der Waals surface area (Å²) in [5.74, 6) is 5.67. The quantitative estimate of drug-likeness (QED) is 0.352. The first-order valence-corrected chi connectivity index (χ1v) is 8.39. The molecule has 0 bridgehead atoms. The Morgan fingerprint density at radius 1 is 1.50 bits per heavy atom. The maximum atomic E-state index is 11.9. The molecule has 0 aromatic carbocycles. The van der Waals surface area contributed by atoms with Gasteiger partial charge in [0.25, 0.3) is 10.0 Å². The van der Waals surface area contributed by atoms with Gasteiger partial charge in [-0.25, -0.2) is 18.1 Å². The first-order chi connectivity index (χ1) is 8.47. The van der Waals surface area contributed by atoms with Crippen molar-refractivity contribution in [1.29, 1.82) is 0 Å². The van der Waals surface area contributed by atoms with Crippen LogP contribution in [0.25, 0.3) is 0 Å². The van der Waals surface area contributed by atoms with Crippen LogP contribution in [0.5, 0.6) is 0 Å². The number of anilines is 1. The number of hydrazine groups is 1. The summed E-state index contributed by atoms with van der Waals surface area (Å²) in [5.41, 5.74) is 2.51. The van der Waals surface area contributed by atoms with E-state index < -0.39 is 20.8 Å². The highest BCUT2D eigenvalue weighted by molar-refractivity contribution is 7.89. The number of nitrogen functional groups attached to an aromatic ring is 1.